The molecule has 0 aliphatic carbocycles. The molecule has 1 aromatic heterocycles. The summed E-state index contributed by atoms with van der Waals surface area (Å²) in [6.07, 6.45) is 0. The topological polar surface area (TPSA) is 47.3 Å². The summed E-state index contributed by atoms with van der Waals surface area (Å²) in [4.78, 5) is 0. The van der Waals surface area contributed by atoms with Crippen molar-refractivity contribution in [2.75, 3.05) is 0 Å². The number of ether oxygens (including phenoxy) is 1. The SMILES string of the molecule is Cc1cc(CN[C@H](C)c2ccc(OC(C)(C)C)cc2)on1. The van der Waals surface area contributed by atoms with Gasteiger partial charge in [0.05, 0.1) is 12.2 Å². The van der Waals surface area contributed by atoms with Crippen LogP contribution >= 0.6 is 0 Å². The molecule has 0 amide bonds. The van der Waals surface area contributed by atoms with Crippen molar-refractivity contribution in [3.8, 4) is 5.75 Å². The lowest BCUT2D eigenvalue weighted by Gasteiger charge is -2.21. The molecule has 0 unspecified atom stereocenters. The Morgan fingerprint density at radius 3 is 2.43 bits per heavy atom. The van der Waals surface area contributed by atoms with E-state index in [1.165, 1.54) is 5.56 Å². The molecule has 1 atom stereocenters. The van der Waals surface area contributed by atoms with Crippen LogP contribution in [0.5, 0.6) is 5.75 Å². The van der Waals surface area contributed by atoms with E-state index in [2.05, 4.69) is 29.5 Å². The van der Waals surface area contributed by atoms with Gasteiger partial charge < -0.3 is 14.6 Å². The molecule has 0 saturated carbocycles. The molecular formula is C17H24N2O2. The van der Waals surface area contributed by atoms with Crippen molar-refractivity contribution >= 4 is 0 Å². The van der Waals surface area contributed by atoms with Gasteiger partial charge in [0.1, 0.15) is 11.4 Å². The molecule has 0 fully saturated rings. The lowest BCUT2D eigenvalue weighted by atomic mass is 10.1. The summed E-state index contributed by atoms with van der Waals surface area (Å²) in [6.45, 7) is 10.9. The van der Waals surface area contributed by atoms with Crippen molar-refractivity contribution < 1.29 is 9.26 Å². The van der Waals surface area contributed by atoms with Crippen LogP contribution in [0.2, 0.25) is 0 Å². The third kappa shape index (κ3) is 4.90. The van der Waals surface area contributed by atoms with Crippen molar-refractivity contribution in [1.82, 2.24) is 10.5 Å². The van der Waals surface area contributed by atoms with Gasteiger partial charge in [-0.15, -0.1) is 0 Å². The summed E-state index contributed by atoms with van der Waals surface area (Å²) in [5, 5.41) is 7.30. The first-order valence-corrected chi connectivity index (χ1v) is 7.28. The standard InChI is InChI=1S/C17H24N2O2/c1-12-10-16(21-19-12)11-18-13(2)14-6-8-15(9-7-14)20-17(3,4)5/h6-10,13,18H,11H2,1-5H3/t13-/m1/s1. The minimum absolute atomic E-state index is 0.171. The van der Waals surface area contributed by atoms with Crippen LogP contribution in [-0.2, 0) is 6.54 Å². The van der Waals surface area contributed by atoms with E-state index in [1.807, 2.05) is 45.9 Å². The number of hydrogen-bond donors (Lipinski definition) is 1. The molecule has 2 rings (SSSR count). The van der Waals surface area contributed by atoms with Crippen molar-refractivity contribution in [2.45, 2.75) is 52.8 Å². The fraction of sp³-hybridized carbons (Fsp3) is 0.471. The van der Waals surface area contributed by atoms with Gasteiger partial charge in [-0.1, -0.05) is 17.3 Å². The largest absolute Gasteiger partial charge is 0.488 e. The summed E-state index contributed by atoms with van der Waals surface area (Å²) < 4.78 is 11.0. The molecule has 0 radical (unpaired) electrons. The number of hydrogen-bond acceptors (Lipinski definition) is 4. The van der Waals surface area contributed by atoms with Crippen LogP contribution in [-0.4, -0.2) is 10.8 Å². The summed E-state index contributed by atoms with van der Waals surface area (Å²) >= 11 is 0. The second kappa shape index (κ2) is 6.31. The summed E-state index contributed by atoms with van der Waals surface area (Å²) in [5.74, 6) is 1.75. The minimum atomic E-state index is -0.171. The van der Waals surface area contributed by atoms with Crippen LogP contribution < -0.4 is 10.1 Å². The average Bonchev–Trinajstić information content (AvgIpc) is 2.81. The Kier molecular flexibility index (Phi) is 4.68. The molecule has 0 aliphatic heterocycles. The van der Waals surface area contributed by atoms with Gasteiger partial charge in [0.2, 0.25) is 0 Å². The zero-order chi connectivity index (χ0) is 15.5. The number of nitrogens with one attached hydrogen (secondary N) is 1. The van der Waals surface area contributed by atoms with Crippen molar-refractivity contribution in [3.63, 3.8) is 0 Å². The van der Waals surface area contributed by atoms with E-state index in [1.54, 1.807) is 0 Å². The van der Waals surface area contributed by atoms with Crippen LogP contribution in [0, 0.1) is 6.92 Å². The van der Waals surface area contributed by atoms with Crippen LogP contribution in [0.25, 0.3) is 0 Å². The molecular weight excluding hydrogens is 264 g/mol. The van der Waals surface area contributed by atoms with Gasteiger partial charge in [0.15, 0.2) is 5.76 Å². The lowest BCUT2D eigenvalue weighted by Crippen LogP contribution is -2.23. The van der Waals surface area contributed by atoms with Crippen LogP contribution in [0.1, 0.15) is 50.8 Å². The van der Waals surface area contributed by atoms with Crippen LogP contribution in [0.4, 0.5) is 0 Å². The number of aromatic nitrogens is 1. The smallest absolute Gasteiger partial charge is 0.150 e. The van der Waals surface area contributed by atoms with E-state index >= 15 is 0 Å². The molecule has 4 nitrogen and oxygen atoms in total. The predicted octanol–water partition coefficient (Wildman–Crippen LogP) is 4.01. The quantitative estimate of drug-likeness (QED) is 0.903. The Bertz CT molecular complexity index is 567. The molecule has 0 bridgehead atoms. The normalized spacial score (nSPS) is 13.2. The molecule has 0 spiro atoms. The number of benzene rings is 1. The minimum Gasteiger partial charge on any atom is -0.488 e. The van der Waals surface area contributed by atoms with E-state index in [0.717, 1.165) is 17.2 Å². The van der Waals surface area contributed by atoms with Crippen LogP contribution in [0.15, 0.2) is 34.9 Å². The van der Waals surface area contributed by atoms with Crippen molar-refractivity contribution in [3.05, 3.63) is 47.3 Å². The van der Waals surface area contributed by atoms with Gasteiger partial charge in [0, 0.05) is 12.1 Å². The molecule has 2 aromatic rings. The Morgan fingerprint density at radius 1 is 1.24 bits per heavy atom. The second-order valence-electron chi connectivity index (χ2n) is 6.32. The highest BCUT2D eigenvalue weighted by molar-refractivity contribution is 5.29. The highest BCUT2D eigenvalue weighted by Gasteiger charge is 2.12. The first-order valence-electron chi connectivity index (χ1n) is 7.28. The van der Waals surface area contributed by atoms with Gasteiger partial charge in [-0.05, 0) is 52.3 Å². The highest BCUT2D eigenvalue weighted by atomic mass is 16.5. The molecule has 0 aliphatic rings. The maximum absolute atomic E-state index is 5.82. The molecule has 1 N–H and O–H groups in total. The summed E-state index contributed by atoms with van der Waals surface area (Å²) in [5.41, 5.74) is 1.95. The van der Waals surface area contributed by atoms with Gasteiger partial charge in [-0.3, -0.25) is 0 Å². The Hall–Kier alpha value is -1.81. The zero-order valence-electron chi connectivity index (χ0n) is 13.4. The Balaban J connectivity index is 1.91. The summed E-state index contributed by atoms with van der Waals surface area (Å²) in [7, 11) is 0. The first-order chi connectivity index (χ1) is 9.83. The molecule has 4 heteroatoms. The third-order valence-electron chi connectivity index (χ3n) is 3.06. The fourth-order valence-electron chi connectivity index (χ4n) is 2.05. The highest BCUT2D eigenvalue weighted by Crippen LogP contribution is 2.21. The molecule has 114 valence electrons. The summed E-state index contributed by atoms with van der Waals surface area (Å²) in [6, 6.07) is 10.4. The molecule has 1 heterocycles. The Morgan fingerprint density at radius 2 is 1.90 bits per heavy atom. The monoisotopic (exact) mass is 288 g/mol. The van der Waals surface area contributed by atoms with E-state index in [4.69, 9.17) is 9.26 Å². The van der Waals surface area contributed by atoms with Gasteiger partial charge in [-0.25, -0.2) is 0 Å². The predicted molar refractivity (Wildman–Crippen MR) is 83.3 cm³/mol. The van der Waals surface area contributed by atoms with Gasteiger partial charge >= 0.3 is 0 Å². The van der Waals surface area contributed by atoms with E-state index in [-0.39, 0.29) is 11.6 Å². The first kappa shape index (κ1) is 15.6. The Labute approximate surface area is 126 Å². The van der Waals surface area contributed by atoms with Gasteiger partial charge in [-0.2, -0.15) is 0 Å². The zero-order valence-corrected chi connectivity index (χ0v) is 13.4. The van der Waals surface area contributed by atoms with E-state index in [9.17, 15) is 0 Å². The third-order valence-corrected chi connectivity index (χ3v) is 3.06. The number of rotatable bonds is 5. The maximum atomic E-state index is 5.82. The molecule has 1 aromatic carbocycles. The average molecular weight is 288 g/mol. The fourth-order valence-corrected chi connectivity index (χ4v) is 2.05. The van der Waals surface area contributed by atoms with Gasteiger partial charge in [0.25, 0.3) is 0 Å². The lowest BCUT2D eigenvalue weighted by molar-refractivity contribution is 0.131. The molecule has 0 saturated heterocycles. The van der Waals surface area contributed by atoms with Crippen LogP contribution in [0.3, 0.4) is 0 Å². The second-order valence-corrected chi connectivity index (χ2v) is 6.32. The maximum Gasteiger partial charge on any atom is 0.150 e. The van der Waals surface area contributed by atoms with Crippen molar-refractivity contribution in [2.24, 2.45) is 0 Å². The van der Waals surface area contributed by atoms with Crippen molar-refractivity contribution in [1.29, 1.82) is 0 Å². The van der Waals surface area contributed by atoms with E-state index in [0.29, 0.717) is 6.54 Å². The number of aryl methyl sites for hydroxylation is 1. The molecule has 21 heavy (non-hydrogen) atoms. The number of nitrogens with zero attached hydrogens (tertiary/aromatic N) is 1. The van der Waals surface area contributed by atoms with E-state index < -0.39 is 0 Å².